The van der Waals surface area contributed by atoms with Crippen LogP contribution in [-0.4, -0.2) is 36.1 Å². The Labute approximate surface area is 205 Å². The molecule has 1 aromatic carbocycles. The second-order valence-corrected chi connectivity index (χ2v) is 10.8. The number of benzene rings is 1. The molecule has 3 heterocycles. The molecule has 0 radical (unpaired) electrons. The molecule has 4 aliphatic rings. The molecule has 184 valence electrons. The molecule has 0 amide bonds. The van der Waals surface area contributed by atoms with Gasteiger partial charge in [0.05, 0.1) is 24.8 Å². The lowest BCUT2D eigenvalue weighted by atomic mass is 9.54. The Bertz CT molecular complexity index is 1130. The van der Waals surface area contributed by atoms with Gasteiger partial charge in [0, 0.05) is 30.0 Å². The first-order valence-electron chi connectivity index (χ1n) is 12.8. The summed E-state index contributed by atoms with van der Waals surface area (Å²) in [6, 6.07) is 10.4. The molecule has 6 rings (SSSR count). The third kappa shape index (κ3) is 4.11. The second-order valence-electron chi connectivity index (χ2n) is 10.8. The molecular formula is C29H32FNO4. The predicted molar refractivity (Wildman–Crippen MR) is 129 cm³/mol. The number of ether oxygens (including phenoxy) is 3. The van der Waals surface area contributed by atoms with Crippen LogP contribution in [0.15, 0.2) is 48.7 Å². The molecule has 1 aromatic heterocycles. The first-order valence-corrected chi connectivity index (χ1v) is 12.8. The lowest BCUT2D eigenvalue weighted by Crippen LogP contribution is -2.49. The summed E-state index contributed by atoms with van der Waals surface area (Å²) in [6.07, 6.45) is 11.4. The fraction of sp³-hybridized carbons (Fsp3) is 0.517. The lowest BCUT2D eigenvalue weighted by molar-refractivity contribution is -0.205. The molecule has 4 fully saturated rings. The number of hydrogen-bond donors (Lipinski definition) is 0. The number of cyclic esters (lactones) is 1. The van der Waals surface area contributed by atoms with Crippen molar-refractivity contribution >= 4 is 12.0 Å². The maximum absolute atomic E-state index is 13.5. The summed E-state index contributed by atoms with van der Waals surface area (Å²) >= 11 is 0. The topological polar surface area (TPSA) is 57.7 Å². The van der Waals surface area contributed by atoms with Crippen LogP contribution < -0.4 is 0 Å². The summed E-state index contributed by atoms with van der Waals surface area (Å²) in [6.45, 7) is 3.41. The van der Waals surface area contributed by atoms with Crippen LogP contribution in [0.1, 0.15) is 51.1 Å². The molecule has 2 aliphatic heterocycles. The van der Waals surface area contributed by atoms with Crippen LogP contribution in [0, 0.1) is 29.0 Å². The van der Waals surface area contributed by atoms with E-state index in [1.165, 1.54) is 12.1 Å². The van der Waals surface area contributed by atoms with Crippen molar-refractivity contribution in [2.45, 2.75) is 57.3 Å². The molecule has 0 N–H and O–H groups in total. The molecular weight excluding hydrogens is 445 g/mol. The maximum atomic E-state index is 13.5. The van der Waals surface area contributed by atoms with E-state index in [0.29, 0.717) is 25.0 Å². The Balaban J connectivity index is 1.17. The molecule has 2 saturated heterocycles. The van der Waals surface area contributed by atoms with Gasteiger partial charge in [-0.15, -0.1) is 0 Å². The van der Waals surface area contributed by atoms with Crippen LogP contribution in [0.3, 0.4) is 0 Å². The number of carbonyl (C=O) groups excluding carboxylic acids is 1. The molecule has 2 aromatic rings. The van der Waals surface area contributed by atoms with Crippen LogP contribution in [0.5, 0.6) is 0 Å². The zero-order chi connectivity index (χ0) is 24.0. The Morgan fingerprint density at radius 2 is 1.97 bits per heavy atom. The zero-order valence-corrected chi connectivity index (χ0v) is 20.1. The standard InChI is InChI=1S/C29H32FNO4/c1-19-28(10-3-6-25-8-7-22(18-31-25)20-4-2-5-24(30)14-20)16-21-9-11-29(33-12-13-34-29)17-23(21)15-26(28)27(32)35-19/h2-8,14,18-19,21,23,26H,9-13,15-17H2,1H3/t19-,21?,23-,26+,28-/m1/s1. The third-order valence-corrected chi connectivity index (χ3v) is 8.94. The highest BCUT2D eigenvalue weighted by Gasteiger charge is 2.61. The molecule has 5 nitrogen and oxygen atoms in total. The quantitative estimate of drug-likeness (QED) is 0.522. The fourth-order valence-corrected chi connectivity index (χ4v) is 7.07. The van der Waals surface area contributed by atoms with Crippen LogP contribution in [0.4, 0.5) is 4.39 Å². The smallest absolute Gasteiger partial charge is 0.309 e. The average Bonchev–Trinajstić information content (AvgIpc) is 3.40. The molecule has 2 aliphatic carbocycles. The molecule has 6 heteroatoms. The first kappa shape index (κ1) is 22.9. The summed E-state index contributed by atoms with van der Waals surface area (Å²) in [5.41, 5.74) is 2.37. The van der Waals surface area contributed by atoms with E-state index in [9.17, 15) is 9.18 Å². The van der Waals surface area contributed by atoms with Gasteiger partial charge in [-0.2, -0.15) is 0 Å². The molecule has 35 heavy (non-hydrogen) atoms. The Hall–Kier alpha value is -2.57. The second kappa shape index (κ2) is 8.82. The number of halogens is 1. The largest absolute Gasteiger partial charge is 0.462 e. The zero-order valence-electron chi connectivity index (χ0n) is 20.1. The summed E-state index contributed by atoms with van der Waals surface area (Å²) in [5.74, 6) is 0.211. The van der Waals surface area contributed by atoms with Crippen LogP contribution in [-0.2, 0) is 19.0 Å². The van der Waals surface area contributed by atoms with Crippen molar-refractivity contribution in [2.24, 2.45) is 23.2 Å². The van der Waals surface area contributed by atoms with Crippen LogP contribution in [0.25, 0.3) is 17.2 Å². The number of aromatic nitrogens is 1. The molecule has 2 saturated carbocycles. The highest BCUT2D eigenvalue weighted by molar-refractivity contribution is 5.76. The summed E-state index contributed by atoms with van der Waals surface area (Å²) in [5, 5.41) is 0. The van der Waals surface area contributed by atoms with Gasteiger partial charge in [-0.25, -0.2) is 4.39 Å². The molecule has 1 spiro atoms. The van der Waals surface area contributed by atoms with E-state index in [0.717, 1.165) is 55.3 Å². The lowest BCUT2D eigenvalue weighted by Gasteiger charge is -2.50. The van der Waals surface area contributed by atoms with Gasteiger partial charge in [0.15, 0.2) is 5.79 Å². The minimum atomic E-state index is -0.418. The third-order valence-electron chi connectivity index (χ3n) is 8.94. The maximum Gasteiger partial charge on any atom is 0.309 e. The molecule has 1 unspecified atom stereocenters. The Morgan fingerprint density at radius 3 is 2.74 bits per heavy atom. The van der Waals surface area contributed by atoms with Gasteiger partial charge in [-0.05, 0) is 74.3 Å². The van der Waals surface area contributed by atoms with Gasteiger partial charge >= 0.3 is 5.97 Å². The van der Waals surface area contributed by atoms with Gasteiger partial charge in [-0.3, -0.25) is 9.78 Å². The van der Waals surface area contributed by atoms with E-state index in [2.05, 4.69) is 18.0 Å². The van der Waals surface area contributed by atoms with Gasteiger partial charge in [0.1, 0.15) is 11.9 Å². The van der Waals surface area contributed by atoms with E-state index in [1.54, 1.807) is 12.3 Å². The van der Waals surface area contributed by atoms with E-state index < -0.39 is 5.79 Å². The first-order chi connectivity index (χ1) is 17.0. The highest BCUT2D eigenvalue weighted by atomic mass is 19.1. The predicted octanol–water partition coefficient (Wildman–Crippen LogP) is 5.79. The average molecular weight is 478 g/mol. The van der Waals surface area contributed by atoms with Gasteiger partial charge < -0.3 is 14.2 Å². The number of pyridine rings is 1. The van der Waals surface area contributed by atoms with Crippen LogP contribution >= 0.6 is 0 Å². The SMILES string of the molecule is C[C@H]1OC(=O)[C@@H]2C[C@@H]3CC4(CCC3C[C@]12CC=Cc1ccc(-c2cccc(F)c2)cn1)OCCO4. The van der Waals surface area contributed by atoms with Gasteiger partial charge in [0.2, 0.25) is 0 Å². The van der Waals surface area contributed by atoms with Crippen molar-refractivity contribution in [3.8, 4) is 11.1 Å². The van der Waals surface area contributed by atoms with E-state index in [1.807, 2.05) is 24.3 Å². The Morgan fingerprint density at radius 1 is 1.11 bits per heavy atom. The van der Waals surface area contributed by atoms with Crippen molar-refractivity contribution < 1.29 is 23.4 Å². The summed E-state index contributed by atoms with van der Waals surface area (Å²) < 4.78 is 31.4. The number of rotatable bonds is 4. The van der Waals surface area contributed by atoms with Crippen molar-refractivity contribution in [2.75, 3.05) is 13.2 Å². The minimum Gasteiger partial charge on any atom is -0.462 e. The number of esters is 1. The van der Waals surface area contributed by atoms with Crippen molar-refractivity contribution in [1.82, 2.24) is 4.98 Å². The normalized spacial score (nSPS) is 33.6. The fourth-order valence-electron chi connectivity index (χ4n) is 7.07. The monoisotopic (exact) mass is 477 g/mol. The molecule has 0 bridgehead atoms. The number of carbonyl (C=O) groups is 1. The van der Waals surface area contributed by atoms with E-state index in [4.69, 9.17) is 14.2 Å². The number of allylic oxidation sites excluding steroid dienone is 1. The number of fused-ring (bicyclic) bond motifs is 2. The van der Waals surface area contributed by atoms with Crippen molar-refractivity contribution in [3.05, 3.63) is 60.2 Å². The van der Waals surface area contributed by atoms with Gasteiger partial charge in [0.25, 0.3) is 0 Å². The van der Waals surface area contributed by atoms with Crippen LogP contribution in [0.2, 0.25) is 0 Å². The summed E-state index contributed by atoms with van der Waals surface area (Å²) in [7, 11) is 0. The summed E-state index contributed by atoms with van der Waals surface area (Å²) in [4.78, 5) is 17.4. The number of nitrogens with zero attached hydrogens (tertiary/aromatic N) is 1. The number of hydrogen-bond acceptors (Lipinski definition) is 5. The van der Waals surface area contributed by atoms with E-state index in [-0.39, 0.29) is 29.2 Å². The Kier molecular flexibility index (Phi) is 5.76. The van der Waals surface area contributed by atoms with Crippen molar-refractivity contribution in [1.29, 1.82) is 0 Å². The van der Waals surface area contributed by atoms with E-state index >= 15 is 0 Å². The van der Waals surface area contributed by atoms with Crippen molar-refractivity contribution in [3.63, 3.8) is 0 Å². The molecule has 5 atom stereocenters. The highest BCUT2D eigenvalue weighted by Crippen LogP contribution is 2.60. The van der Waals surface area contributed by atoms with Gasteiger partial charge in [-0.1, -0.05) is 24.3 Å². The minimum absolute atomic E-state index is 0.0465.